The van der Waals surface area contributed by atoms with Crippen LogP contribution in [0.25, 0.3) is 10.2 Å². The van der Waals surface area contributed by atoms with Crippen LogP contribution < -0.4 is 16.0 Å². The maximum atomic E-state index is 13.1. The molecule has 1 fully saturated rings. The van der Waals surface area contributed by atoms with Gasteiger partial charge < -0.3 is 25.4 Å². The molecule has 2 aliphatic heterocycles. The number of amides is 1. The molecule has 1 amide bonds. The first-order valence-electron chi connectivity index (χ1n) is 14.4. The number of carbonyl (C=O) groups excluding carboxylic acids is 1. The maximum Gasteiger partial charge on any atom is 0.291 e. The van der Waals surface area contributed by atoms with Crippen LogP contribution in [0.15, 0.2) is 82.9 Å². The monoisotopic (exact) mass is 599 g/mol. The van der Waals surface area contributed by atoms with Crippen LogP contribution >= 0.6 is 11.3 Å². The smallest absolute Gasteiger partial charge is 0.291 e. The van der Waals surface area contributed by atoms with Crippen LogP contribution in [0.5, 0.6) is 0 Å². The third-order valence-corrected chi connectivity index (χ3v) is 7.50. The number of aromatic nitrogens is 1. The Morgan fingerprint density at radius 2 is 1.74 bits per heavy atom. The predicted octanol–water partition coefficient (Wildman–Crippen LogP) is 5.66. The largest absolute Gasteiger partial charge is 0.406 e. The summed E-state index contributed by atoms with van der Waals surface area (Å²) in [5.74, 6) is -0.628. The number of fused-ring (bicyclic) bond motifs is 2. The lowest BCUT2D eigenvalue weighted by Crippen LogP contribution is -2.37. The van der Waals surface area contributed by atoms with Gasteiger partial charge in [0.25, 0.3) is 11.9 Å². The first-order valence-corrected chi connectivity index (χ1v) is 15.2. The van der Waals surface area contributed by atoms with Crippen LogP contribution in [0.2, 0.25) is 0 Å². The minimum Gasteiger partial charge on any atom is -0.406 e. The molecular weight excluding hydrogens is 562 g/mol. The fourth-order valence-corrected chi connectivity index (χ4v) is 5.68. The van der Waals surface area contributed by atoms with E-state index in [0.29, 0.717) is 42.6 Å². The van der Waals surface area contributed by atoms with Crippen molar-refractivity contribution in [3.8, 4) is 0 Å². The fourth-order valence-electron chi connectivity index (χ4n) is 4.63. The molecule has 0 aliphatic carbocycles. The van der Waals surface area contributed by atoms with E-state index in [9.17, 15) is 4.79 Å². The van der Waals surface area contributed by atoms with Gasteiger partial charge in [0.05, 0.1) is 30.3 Å². The minimum absolute atomic E-state index is 0.176. The summed E-state index contributed by atoms with van der Waals surface area (Å²) in [6, 6.07) is 20.5. The first kappa shape index (κ1) is 31.3. The standard InChI is InChI=1S/C28H25N7O3S.2C2H6/c29-24(23-22(35-13-15-37-16-14-35)19-10-6-12-31-27(19)39-23)38-28(30)34-25-26(36)32-20-11-5-4-9-18(20)21(33-25)17-7-2-1-3-8-17;2*1-2/h1-12,25,29H,13-16H2,(H2,30,34)(H,32,36);2*1-2H3. The van der Waals surface area contributed by atoms with Crippen LogP contribution in [0, 0.1) is 5.41 Å². The van der Waals surface area contributed by atoms with Gasteiger partial charge in [0.1, 0.15) is 9.71 Å². The Balaban J connectivity index is 0.00000102. The van der Waals surface area contributed by atoms with Crippen molar-refractivity contribution in [1.82, 2.24) is 4.98 Å². The Morgan fingerprint density at radius 1 is 1.05 bits per heavy atom. The number of benzodiazepines with no additional fused rings is 1. The molecule has 4 N–H and O–H groups in total. The zero-order valence-electron chi connectivity index (χ0n) is 24.8. The molecule has 2 aromatic heterocycles. The Hall–Kier alpha value is -4.61. The number of anilines is 2. The molecule has 4 aromatic rings. The van der Waals surface area contributed by atoms with Crippen molar-refractivity contribution in [1.29, 1.82) is 5.41 Å². The number of nitrogens with two attached hydrogens (primary N) is 1. The normalized spacial score (nSPS) is 16.3. The molecular formula is C32H37N7O3S. The Labute approximate surface area is 255 Å². The van der Waals surface area contributed by atoms with Crippen LogP contribution in [0.4, 0.5) is 11.4 Å². The lowest BCUT2D eigenvalue weighted by molar-refractivity contribution is -0.117. The van der Waals surface area contributed by atoms with Gasteiger partial charge in [-0.2, -0.15) is 4.99 Å². The number of nitrogens with one attached hydrogen (secondary N) is 2. The van der Waals surface area contributed by atoms with Crippen molar-refractivity contribution in [2.45, 2.75) is 33.9 Å². The predicted molar refractivity (Wildman–Crippen MR) is 176 cm³/mol. The molecule has 1 unspecified atom stereocenters. The molecule has 4 heterocycles. The highest BCUT2D eigenvalue weighted by atomic mass is 32.1. The lowest BCUT2D eigenvalue weighted by Gasteiger charge is -2.29. The van der Waals surface area contributed by atoms with Gasteiger partial charge in [0, 0.05) is 35.8 Å². The first-order chi connectivity index (χ1) is 21.1. The molecule has 43 heavy (non-hydrogen) atoms. The number of hydrogen-bond acceptors (Lipinski definition) is 9. The number of thiophene rings is 1. The number of rotatable bonds is 4. The van der Waals surface area contributed by atoms with E-state index in [2.05, 4.69) is 25.2 Å². The van der Waals surface area contributed by atoms with E-state index in [1.165, 1.54) is 11.3 Å². The van der Waals surface area contributed by atoms with Crippen LogP contribution in [0.1, 0.15) is 43.7 Å². The van der Waals surface area contributed by atoms with E-state index >= 15 is 0 Å². The van der Waals surface area contributed by atoms with E-state index in [1.807, 2.05) is 94.4 Å². The summed E-state index contributed by atoms with van der Waals surface area (Å²) in [4.78, 5) is 30.1. The number of carbonyl (C=O) groups is 1. The molecule has 224 valence electrons. The SMILES string of the molecule is CC.CC.N=C(O/C(N)=N/C1N=C(c2ccccc2)c2ccccc2NC1=O)c1sc2ncccc2c1N1CCOCC1. The van der Waals surface area contributed by atoms with Crippen molar-refractivity contribution in [3.05, 3.63) is 88.9 Å². The second-order valence-electron chi connectivity index (χ2n) is 8.89. The van der Waals surface area contributed by atoms with Gasteiger partial charge in [0.2, 0.25) is 12.1 Å². The Kier molecular flexibility index (Phi) is 11.0. The topological polar surface area (TPSA) is 138 Å². The van der Waals surface area contributed by atoms with Crippen LogP contribution in [-0.2, 0) is 14.3 Å². The third kappa shape index (κ3) is 7.07. The molecule has 0 bridgehead atoms. The van der Waals surface area contributed by atoms with Gasteiger partial charge in [-0.05, 0) is 18.2 Å². The van der Waals surface area contributed by atoms with Gasteiger partial charge in [-0.25, -0.2) is 9.98 Å². The van der Waals surface area contributed by atoms with E-state index in [4.69, 9.17) is 20.6 Å². The van der Waals surface area contributed by atoms with Gasteiger partial charge in [-0.3, -0.25) is 10.2 Å². The van der Waals surface area contributed by atoms with Crippen LogP contribution in [-0.4, -0.2) is 61.0 Å². The third-order valence-electron chi connectivity index (χ3n) is 6.40. The van der Waals surface area contributed by atoms with Crippen molar-refractivity contribution in [3.63, 3.8) is 0 Å². The number of aliphatic imine (C=N–C) groups is 2. The second-order valence-corrected chi connectivity index (χ2v) is 9.89. The number of hydrogen-bond donors (Lipinski definition) is 3. The molecule has 6 rings (SSSR count). The molecule has 2 aliphatic rings. The summed E-state index contributed by atoms with van der Waals surface area (Å²) in [6.07, 6.45) is 0.514. The summed E-state index contributed by atoms with van der Waals surface area (Å²) in [7, 11) is 0. The zero-order valence-corrected chi connectivity index (χ0v) is 25.6. The summed E-state index contributed by atoms with van der Waals surface area (Å²) >= 11 is 1.35. The molecule has 11 heteroatoms. The second kappa shape index (κ2) is 15.0. The minimum atomic E-state index is -1.21. The quantitative estimate of drug-likeness (QED) is 0.204. The molecule has 0 saturated carbocycles. The van der Waals surface area contributed by atoms with Gasteiger partial charge in [0.15, 0.2) is 0 Å². The van der Waals surface area contributed by atoms with E-state index in [0.717, 1.165) is 27.0 Å². The van der Waals surface area contributed by atoms with Crippen molar-refractivity contribution in [2.75, 3.05) is 36.5 Å². The van der Waals surface area contributed by atoms with Gasteiger partial charge >= 0.3 is 0 Å². The molecule has 1 saturated heterocycles. The lowest BCUT2D eigenvalue weighted by atomic mass is 10.0. The van der Waals surface area contributed by atoms with E-state index < -0.39 is 12.1 Å². The summed E-state index contributed by atoms with van der Waals surface area (Å²) in [6.45, 7) is 10.6. The average molecular weight is 600 g/mol. The van der Waals surface area contributed by atoms with Crippen LogP contribution in [0.3, 0.4) is 0 Å². The Morgan fingerprint density at radius 3 is 2.49 bits per heavy atom. The molecule has 2 aromatic carbocycles. The highest BCUT2D eigenvalue weighted by molar-refractivity contribution is 7.21. The molecule has 1 atom stereocenters. The number of morpholine rings is 1. The number of nitrogens with zero attached hydrogens (tertiary/aromatic N) is 4. The van der Waals surface area contributed by atoms with E-state index in [1.54, 1.807) is 6.20 Å². The average Bonchev–Trinajstić information content (AvgIpc) is 3.40. The summed E-state index contributed by atoms with van der Waals surface area (Å²) < 4.78 is 11.2. The highest BCUT2D eigenvalue weighted by Crippen LogP contribution is 2.38. The van der Waals surface area contributed by atoms with Crippen molar-refractivity contribution >= 4 is 56.5 Å². The maximum absolute atomic E-state index is 13.1. The van der Waals surface area contributed by atoms with Gasteiger partial charge in [-0.15, -0.1) is 11.3 Å². The number of amidine groups is 1. The Bertz CT molecular complexity index is 1610. The number of benzene rings is 2. The number of ether oxygens (including phenoxy) is 2. The van der Waals surface area contributed by atoms with Crippen molar-refractivity contribution < 1.29 is 14.3 Å². The van der Waals surface area contributed by atoms with Crippen molar-refractivity contribution in [2.24, 2.45) is 15.7 Å². The van der Waals surface area contributed by atoms with E-state index in [-0.39, 0.29) is 11.9 Å². The highest BCUT2D eigenvalue weighted by Gasteiger charge is 2.28. The molecule has 10 nitrogen and oxygen atoms in total. The van der Waals surface area contributed by atoms with Gasteiger partial charge in [-0.1, -0.05) is 76.2 Å². The zero-order chi connectivity index (χ0) is 30.8. The summed E-state index contributed by atoms with van der Waals surface area (Å²) in [5, 5.41) is 12.6. The fraction of sp³-hybridized carbons (Fsp3) is 0.281. The number of para-hydroxylation sites is 1. The summed E-state index contributed by atoms with van der Waals surface area (Å²) in [5.41, 5.74) is 9.86. The molecule has 0 spiro atoms. The number of pyridine rings is 1. The molecule has 0 radical (unpaired) electrons.